The van der Waals surface area contributed by atoms with Crippen molar-refractivity contribution in [1.29, 1.82) is 0 Å². The van der Waals surface area contributed by atoms with Crippen LogP contribution in [0.25, 0.3) is 0 Å². The number of alkyl halides is 3. The molecule has 0 saturated carbocycles. The van der Waals surface area contributed by atoms with Crippen LogP contribution >= 0.6 is 0 Å². The molecule has 2 aromatic rings. The van der Waals surface area contributed by atoms with Crippen molar-refractivity contribution in [3.63, 3.8) is 0 Å². The van der Waals surface area contributed by atoms with E-state index in [9.17, 15) is 30.8 Å². The van der Waals surface area contributed by atoms with Crippen LogP contribution in [0.1, 0.15) is 16.8 Å². The summed E-state index contributed by atoms with van der Waals surface area (Å²) in [6, 6.07) is 8.04. The lowest BCUT2D eigenvalue weighted by atomic mass is 10.2. The van der Waals surface area contributed by atoms with Gasteiger partial charge in [-0.1, -0.05) is 0 Å². The molecule has 1 atom stereocenters. The summed E-state index contributed by atoms with van der Waals surface area (Å²) < 4.78 is 79.8. The van der Waals surface area contributed by atoms with E-state index in [2.05, 4.69) is 5.32 Å². The maximum absolute atomic E-state index is 13.0. The van der Waals surface area contributed by atoms with E-state index in [-0.39, 0.29) is 17.0 Å². The predicted molar refractivity (Wildman–Crippen MR) is 96.1 cm³/mol. The molecule has 0 radical (unpaired) electrons. The number of sulfone groups is 1. The number of amides is 1. The highest BCUT2D eigenvalue weighted by Crippen LogP contribution is 2.27. The molecular weight excluding hydrogens is 418 g/mol. The molecule has 0 heterocycles. The van der Waals surface area contributed by atoms with Crippen molar-refractivity contribution in [3.05, 3.63) is 53.8 Å². The molecular formula is C18H17F4NO5S. The fourth-order valence-corrected chi connectivity index (χ4v) is 3.68. The predicted octanol–water partition coefficient (Wildman–Crippen LogP) is 3.17. The maximum Gasteiger partial charge on any atom is 0.414 e. The first kappa shape index (κ1) is 22.6. The highest BCUT2D eigenvalue weighted by molar-refractivity contribution is 7.91. The van der Waals surface area contributed by atoms with Crippen LogP contribution in [-0.4, -0.2) is 44.6 Å². The van der Waals surface area contributed by atoms with E-state index in [1.54, 1.807) is 0 Å². The molecule has 158 valence electrons. The summed E-state index contributed by atoms with van der Waals surface area (Å²) in [5.74, 6) is -2.23. The van der Waals surface area contributed by atoms with Gasteiger partial charge < -0.3 is 15.2 Å². The molecule has 11 heteroatoms. The van der Waals surface area contributed by atoms with Crippen LogP contribution in [0, 0.1) is 5.82 Å². The summed E-state index contributed by atoms with van der Waals surface area (Å²) >= 11 is 0. The number of anilines is 1. The number of carbonyl (C=O) groups excluding carboxylic acids is 1. The molecule has 0 saturated heterocycles. The van der Waals surface area contributed by atoms with Gasteiger partial charge in [-0.15, -0.1) is 0 Å². The average molecular weight is 435 g/mol. The second-order valence-corrected chi connectivity index (χ2v) is 8.10. The average Bonchev–Trinajstić information content (AvgIpc) is 2.66. The molecule has 0 spiro atoms. The number of methoxy groups -OCH3 is 1. The third kappa shape index (κ3) is 5.91. The highest BCUT2D eigenvalue weighted by Gasteiger charge is 2.38. The third-order valence-corrected chi connectivity index (χ3v) is 5.66. The lowest BCUT2D eigenvalue weighted by molar-refractivity contribution is -0.203. The lowest BCUT2D eigenvalue weighted by Crippen LogP contribution is -2.30. The van der Waals surface area contributed by atoms with Crippen LogP contribution < -0.4 is 10.1 Å². The largest absolute Gasteiger partial charge is 0.496 e. The van der Waals surface area contributed by atoms with Crippen molar-refractivity contribution in [3.8, 4) is 5.75 Å². The summed E-state index contributed by atoms with van der Waals surface area (Å²) in [6.45, 7) is 0. The summed E-state index contributed by atoms with van der Waals surface area (Å²) in [6.07, 6.45) is -8.76. The zero-order valence-corrected chi connectivity index (χ0v) is 15.8. The first-order valence-corrected chi connectivity index (χ1v) is 9.82. The standard InChI is InChI=1S/C18H17F4NO5S/c1-28-15-7-6-13(29(26,27)9-8-16(24)18(20,21)22)10-14(15)17(25)23-12-4-2-11(19)3-5-12/h2-7,10,16,24H,8-9H2,1H3,(H,23,25)/t16-/m0/s1. The Kier molecular flexibility index (Phi) is 6.85. The van der Waals surface area contributed by atoms with E-state index < -0.39 is 50.9 Å². The molecule has 2 rings (SSSR count). The van der Waals surface area contributed by atoms with Crippen LogP contribution in [0.15, 0.2) is 47.4 Å². The molecule has 0 fully saturated rings. The van der Waals surface area contributed by atoms with Gasteiger partial charge in [0.15, 0.2) is 15.9 Å². The number of halogens is 4. The Hall–Kier alpha value is -2.66. The Labute approximate surface area is 164 Å². The molecule has 0 aliphatic heterocycles. The molecule has 0 aromatic heterocycles. The topological polar surface area (TPSA) is 92.7 Å². The van der Waals surface area contributed by atoms with E-state index in [0.29, 0.717) is 0 Å². The second-order valence-electron chi connectivity index (χ2n) is 5.99. The van der Waals surface area contributed by atoms with Gasteiger partial charge in [0.1, 0.15) is 11.6 Å². The maximum atomic E-state index is 13.0. The number of hydrogen-bond acceptors (Lipinski definition) is 5. The number of aliphatic hydroxyl groups excluding tert-OH is 1. The summed E-state index contributed by atoms with van der Waals surface area (Å²) in [5, 5.41) is 11.4. The number of hydrogen-bond donors (Lipinski definition) is 2. The third-order valence-electron chi connectivity index (χ3n) is 3.91. The Morgan fingerprint density at radius 3 is 2.34 bits per heavy atom. The zero-order chi connectivity index (χ0) is 21.8. The van der Waals surface area contributed by atoms with Gasteiger partial charge in [0.2, 0.25) is 0 Å². The second kappa shape index (κ2) is 8.78. The fraction of sp³-hybridized carbons (Fsp3) is 0.278. The van der Waals surface area contributed by atoms with Gasteiger partial charge in [-0.3, -0.25) is 4.79 Å². The van der Waals surface area contributed by atoms with E-state index in [0.717, 1.165) is 24.3 Å². The molecule has 29 heavy (non-hydrogen) atoms. The molecule has 0 aliphatic carbocycles. The summed E-state index contributed by atoms with van der Waals surface area (Å²) in [5.41, 5.74) is 0.0503. The number of carbonyl (C=O) groups is 1. The minimum absolute atomic E-state index is 0.0267. The van der Waals surface area contributed by atoms with Gasteiger partial charge in [0.25, 0.3) is 5.91 Å². The molecule has 2 N–H and O–H groups in total. The number of nitrogens with one attached hydrogen (secondary N) is 1. The SMILES string of the molecule is COc1ccc(S(=O)(=O)CC[C@H](O)C(F)(F)F)cc1C(=O)Nc1ccc(F)cc1. The normalized spacial score (nSPS) is 13.0. The Morgan fingerprint density at radius 1 is 1.17 bits per heavy atom. The summed E-state index contributed by atoms with van der Waals surface area (Å²) in [4.78, 5) is 12.1. The molecule has 0 bridgehead atoms. The minimum atomic E-state index is -4.93. The van der Waals surface area contributed by atoms with Crippen LogP contribution in [0.2, 0.25) is 0 Å². The van der Waals surface area contributed by atoms with Gasteiger partial charge in [0.05, 0.1) is 23.3 Å². The lowest BCUT2D eigenvalue weighted by Gasteiger charge is -2.15. The van der Waals surface area contributed by atoms with Crippen molar-refractivity contribution < 1.29 is 40.6 Å². The zero-order valence-electron chi connectivity index (χ0n) is 15.0. The molecule has 6 nitrogen and oxygen atoms in total. The van der Waals surface area contributed by atoms with E-state index in [4.69, 9.17) is 9.84 Å². The van der Waals surface area contributed by atoms with E-state index in [1.165, 1.54) is 25.3 Å². The van der Waals surface area contributed by atoms with Gasteiger partial charge in [0, 0.05) is 5.69 Å². The molecule has 1 amide bonds. The van der Waals surface area contributed by atoms with E-state index >= 15 is 0 Å². The summed E-state index contributed by atoms with van der Waals surface area (Å²) in [7, 11) is -2.97. The van der Waals surface area contributed by atoms with Gasteiger partial charge >= 0.3 is 6.18 Å². The molecule has 2 aromatic carbocycles. The van der Waals surface area contributed by atoms with Crippen molar-refractivity contribution >= 4 is 21.4 Å². The smallest absolute Gasteiger partial charge is 0.414 e. The Balaban J connectivity index is 2.27. The van der Waals surface area contributed by atoms with Crippen LogP contribution in [0.3, 0.4) is 0 Å². The quantitative estimate of drug-likeness (QED) is 0.652. The van der Waals surface area contributed by atoms with Crippen molar-refractivity contribution in [2.75, 3.05) is 18.2 Å². The fourth-order valence-electron chi connectivity index (χ4n) is 2.34. The molecule has 0 aliphatic rings. The number of rotatable bonds is 7. The first-order valence-electron chi connectivity index (χ1n) is 8.16. The van der Waals surface area contributed by atoms with Crippen LogP contribution in [-0.2, 0) is 9.84 Å². The van der Waals surface area contributed by atoms with Crippen LogP contribution in [0.4, 0.5) is 23.2 Å². The number of benzene rings is 2. The highest BCUT2D eigenvalue weighted by atomic mass is 32.2. The Bertz CT molecular complexity index is 975. The monoisotopic (exact) mass is 435 g/mol. The van der Waals surface area contributed by atoms with Crippen molar-refractivity contribution in [2.45, 2.75) is 23.6 Å². The van der Waals surface area contributed by atoms with Gasteiger partial charge in [-0.25, -0.2) is 12.8 Å². The van der Waals surface area contributed by atoms with Crippen molar-refractivity contribution in [1.82, 2.24) is 0 Å². The number of aliphatic hydroxyl groups is 1. The van der Waals surface area contributed by atoms with Crippen molar-refractivity contribution in [2.24, 2.45) is 0 Å². The Morgan fingerprint density at radius 2 is 1.79 bits per heavy atom. The first-order chi connectivity index (χ1) is 13.4. The van der Waals surface area contributed by atoms with E-state index in [1.807, 2.05) is 0 Å². The number of ether oxygens (including phenoxy) is 1. The molecule has 0 unspecified atom stereocenters. The van der Waals surface area contributed by atoms with Gasteiger partial charge in [-0.2, -0.15) is 13.2 Å². The minimum Gasteiger partial charge on any atom is -0.496 e. The van der Waals surface area contributed by atoms with Gasteiger partial charge in [-0.05, 0) is 48.9 Å². The van der Waals surface area contributed by atoms with Crippen LogP contribution in [0.5, 0.6) is 5.75 Å².